The van der Waals surface area contributed by atoms with Crippen molar-refractivity contribution in [2.45, 2.75) is 20.8 Å². The van der Waals surface area contributed by atoms with Gasteiger partial charge in [-0.3, -0.25) is 19.0 Å². The van der Waals surface area contributed by atoms with Gasteiger partial charge in [-0.1, -0.05) is 13.8 Å². The first-order chi connectivity index (χ1) is 12.2. The van der Waals surface area contributed by atoms with Crippen molar-refractivity contribution >= 4 is 23.1 Å². The van der Waals surface area contributed by atoms with Gasteiger partial charge >= 0.3 is 0 Å². The summed E-state index contributed by atoms with van der Waals surface area (Å²) in [7, 11) is 0.500. The van der Waals surface area contributed by atoms with Crippen LogP contribution in [0.5, 0.6) is 0 Å². The lowest BCUT2D eigenvalue weighted by Crippen LogP contribution is -2.10. The highest BCUT2D eigenvalue weighted by Gasteiger charge is 2.09. The average molecular weight is 348 g/mol. The van der Waals surface area contributed by atoms with E-state index in [2.05, 4.69) is 20.3 Å². The number of aromatic nitrogens is 3. The van der Waals surface area contributed by atoms with Crippen LogP contribution in [0.2, 0.25) is 0 Å². The van der Waals surface area contributed by atoms with Crippen molar-refractivity contribution in [3.8, 4) is 11.1 Å². The summed E-state index contributed by atoms with van der Waals surface area (Å²) in [5, 5.41) is 3.23. The standard InChI is InChI=1S/C15H12N4O2.C2H6.CH3F.2H2/c1-9-2-3-16-7-12(9)11-4-10-6-17-14(18-8-20)5-13(10)19-15(11)21;2*1-2;;/h2-8H,1H3,(H,19,21)(H,17,18,20);1-2H3;1H3;2*1H. The number of halogens is 1. The summed E-state index contributed by atoms with van der Waals surface area (Å²) >= 11 is 0. The van der Waals surface area contributed by atoms with Crippen LogP contribution in [0.4, 0.5) is 10.2 Å². The summed E-state index contributed by atoms with van der Waals surface area (Å²) in [5.41, 5.74) is 2.72. The van der Waals surface area contributed by atoms with Gasteiger partial charge in [-0.25, -0.2) is 4.98 Å². The molecule has 0 unspecified atom stereocenters. The number of fused-ring (bicyclic) bond motifs is 1. The number of rotatable bonds is 3. The van der Waals surface area contributed by atoms with Crippen LogP contribution in [-0.2, 0) is 4.79 Å². The molecule has 0 aromatic carbocycles. The number of carbonyl (C=O) groups is 1. The number of anilines is 1. The Morgan fingerprint density at radius 3 is 2.56 bits per heavy atom. The monoisotopic (exact) mass is 348 g/mol. The van der Waals surface area contributed by atoms with Crippen molar-refractivity contribution in [2.24, 2.45) is 0 Å². The highest BCUT2D eigenvalue weighted by atomic mass is 19.1. The van der Waals surface area contributed by atoms with Gasteiger partial charge < -0.3 is 10.3 Å². The predicted molar refractivity (Wildman–Crippen MR) is 103 cm³/mol. The molecular formula is C18H25FN4O2. The average Bonchev–Trinajstić information content (AvgIpc) is 2.65. The highest BCUT2D eigenvalue weighted by Crippen LogP contribution is 2.22. The summed E-state index contributed by atoms with van der Waals surface area (Å²) < 4.78 is 9.50. The zero-order valence-electron chi connectivity index (χ0n) is 14.6. The van der Waals surface area contributed by atoms with E-state index in [0.29, 0.717) is 30.5 Å². The lowest BCUT2D eigenvalue weighted by molar-refractivity contribution is -0.105. The molecule has 7 heteroatoms. The molecule has 25 heavy (non-hydrogen) atoms. The number of amides is 1. The molecule has 3 rings (SSSR count). The fourth-order valence-electron chi connectivity index (χ4n) is 2.19. The van der Waals surface area contributed by atoms with Crippen molar-refractivity contribution in [1.29, 1.82) is 0 Å². The number of aryl methyl sites for hydroxylation is 1. The number of alkyl halides is 1. The maximum Gasteiger partial charge on any atom is 0.256 e. The van der Waals surface area contributed by atoms with Crippen LogP contribution in [0.15, 0.2) is 41.6 Å². The van der Waals surface area contributed by atoms with Crippen LogP contribution in [0, 0.1) is 6.92 Å². The van der Waals surface area contributed by atoms with E-state index in [-0.39, 0.29) is 8.41 Å². The van der Waals surface area contributed by atoms with Crippen molar-refractivity contribution in [3.63, 3.8) is 0 Å². The predicted octanol–water partition coefficient (Wildman–Crippen LogP) is 3.97. The van der Waals surface area contributed by atoms with E-state index in [0.717, 1.165) is 16.5 Å². The van der Waals surface area contributed by atoms with E-state index < -0.39 is 0 Å². The van der Waals surface area contributed by atoms with E-state index in [1.165, 1.54) is 0 Å². The van der Waals surface area contributed by atoms with Gasteiger partial charge in [0.05, 0.1) is 12.7 Å². The minimum atomic E-state index is -0.207. The normalized spacial score (nSPS) is 9.32. The molecule has 0 aliphatic rings. The molecule has 0 saturated heterocycles. The number of nitrogens with one attached hydrogen (secondary N) is 2. The molecule has 6 nitrogen and oxygen atoms in total. The molecule has 1 amide bonds. The largest absolute Gasteiger partial charge is 0.321 e. The van der Waals surface area contributed by atoms with Crippen molar-refractivity contribution in [3.05, 3.63) is 52.7 Å². The van der Waals surface area contributed by atoms with Crippen molar-refractivity contribution in [2.75, 3.05) is 12.5 Å². The molecule has 0 radical (unpaired) electrons. The first-order valence-electron chi connectivity index (χ1n) is 7.71. The quantitative estimate of drug-likeness (QED) is 0.701. The zero-order chi connectivity index (χ0) is 18.8. The van der Waals surface area contributed by atoms with Crippen molar-refractivity contribution in [1.82, 2.24) is 15.0 Å². The van der Waals surface area contributed by atoms with Gasteiger partial charge in [0.15, 0.2) is 0 Å². The number of hydrogen-bond donors (Lipinski definition) is 2. The number of carbonyl (C=O) groups excluding carboxylic acids is 1. The molecule has 2 N–H and O–H groups in total. The van der Waals surface area contributed by atoms with Crippen LogP contribution in [0.3, 0.4) is 0 Å². The first-order valence-corrected chi connectivity index (χ1v) is 7.71. The third kappa shape index (κ3) is 4.69. The number of H-pyrrole nitrogens is 1. The minimum absolute atomic E-state index is 0. The Morgan fingerprint density at radius 2 is 1.92 bits per heavy atom. The SMILES string of the molecule is CC.CF.Cc1ccncc1-c1cc2cnc(NC=O)cc2[nH]c1=O.[HH].[HH]. The van der Waals surface area contributed by atoms with Gasteiger partial charge in [-0.15, -0.1) is 0 Å². The Labute approximate surface area is 148 Å². The molecule has 0 atom stereocenters. The van der Waals surface area contributed by atoms with Crippen LogP contribution in [0.25, 0.3) is 22.0 Å². The molecule has 0 fully saturated rings. The van der Waals surface area contributed by atoms with Gasteiger partial charge in [0, 0.05) is 44.0 Å². The van der Waals surface area contributed by atoms with Crippen LogP contribution in [-0.4, -0.2) is 28.5 Å². The number of hydrogen-bond acceptors (Lipinski definition) is 4. The molecular weight excluding hydrogens is 323 g/mol. The Bertz CT molecular complexity index is 904. The van der Waals surface area contributed by atoms with Gasteiger partial charge in [0.1, 0.15) is 5.82 Å². The number of nitrogens with zero attached hydrogens (tertiary/aromatic N) is 2. The fourth-order valence-corrected chi connectivity index (χ4v) is 2.19. The summed E-state index contributed by atoms with van der Waals surface area (Å²) in [6, 6.07) is 5.25. The molecule has 0 bridgehead atoms. The van der Waals surface area contributed by atoms with E-state index >= 15 is 0 Å². The van der Waals surface area contributed by atoms with Gasteiger partial charge in [-0.2, -0.15) is 0 Å². The second-order valence-electron chi connectivity index (χ2n) is 4.62. The molecule has 3 aromatic heterocycles. The van der Waals surface area contributed by atoms with Gasteiger partial charge in [0.25, 0.3) is 5.56 Å². The second-order valence-corrected chi connectivity index (χ2v) is 4.62. The third-order valence-electron chi connectivity index (χ3n) is 3.26. The van der Waals surface area contributed by atoms with E-state index in [1.54, 1.807) is 30.7 Å². The molecule has 0 spiro atoms. The summed E-state index contributed by atoms with van der Waals surface area (Å²) in [6.07, 6.45) is 5.50. The summed E-state index contributed by atoms with van der Waals surface area (Å²) in [4.78, 5) is 33.7. The van der Waals surface area contributed by atoms with E-state index in [4.69, 9.17) is 0 Å². The van der Waals surface area contributed by atoms with Crippen molar-refractivity contribution < 1.29 is 12.0 Å². The zero-order valence-corrected chi connectivity index (χ0v) is 14.6. The summed E-state index contributed by atoms with van der Waals surface area (Å²) in [5.74, 6) is 0.387. The Kier molecular flexibility index (Phi) is 7.92. The molecule has 0 saturated carbocycles. The molecule has 3 heterocycles. The highest BCUT2D eigenvalue weighted by molar-refractivity contribution is 5.86. The third-order valence-corrected chi connectivity index (χ3v) is 3.26. The molecule has 3 aromatic rings. The second kappa shape index (κ2) is 9.92. The Hall–Kier alpha value is -3.09. The maximum absolute atomic E-state index is 12.3. The van der Waals surface area contributed by atoms with Crippen LogP contribution >= 0.6 is 0 Å². The topological polar surface area (TPSA) is 87.7 Å². The molecule has 136 valence electrons. The maximum atomic E-state index is 12.3. The number of pyridine rings is 3. The smallest absolute Gasteiger partial charge is 0.256 e. The lowest BCUT2D eigenvalue weighted by atomic mass is 10.0. The Balaban J connectivity index is 0. The van der Waals surface area contributed by atoms with Gasteiger partial charge in [-0.05, 0) is 24.6 Å². The van der Waals surface area contributed by atoms with Crippen LogP contribution in [0.1, 0.15) is 22.3 Å². The fraction of sp³-hybridized carbons (Fsp3) is 0.222. The lowest BCUT2D eigenvalue weighted by Gasteiger charge is -2.06. The molecule has 0 aliphatic heterocycles. The minimum Gasteiger partial charge on any atom is -0.321 e. The first kappa shape index (κ1) is 20.0. The van der Waals surface area contributed by atoms with Gasteiger partial charge in [0.2, 0.25) is 6.41 Å². The van der Waals surface area contributed by atoms with E-state index in [1.807, 2.05) is 26.8 Å². The van der Waals surface area contributed by atoms with Crippen LogP contribution < -0.4 is 10.9 Å². The summed E-state index contributed by atoms with van der Waals surface area (Å²) in [6.45, 7) is 5.93. The Morgan fingerprint density at radius 1 is 1.20 bits per heavy atom. The number of aromatic amines is 1. The molecule has 0 aliphatic carbocycles. The van der Waals surface area contributed by atoms with E-state index in [9.17, 15) is 14.0 Å².